The lowest BCUT2D eigenvalue weighted by Crippen LogP contribution is -2.51. The summed E-state index contributed by atoms with van der Waals surface area (Å²) in [7, 11) is 0. The van der Waals surface area contributed by atoms with Gasteiger partial charge in [-0.2, -0.15) is 0 Å². The van der Waals surface area contributed by atoms with Gasteiger partial charge in [-0.15, -0.1) is 0 Å². The summed E-state index contributed by atoms with van der Waals surface area (Å²) in [6.45, 7) is 8.38. The monoisotopic (exact) mass is 242 g/mol. The zero-order chi connectivity index (χ0) is 13.1. The average molecular weight is 242 g/mol. The first kappa shape index (κ1) is 14.5. The lowest BCUT2D eigenvalue weighted by Gasteiger charge is -2.40. The van der Waals surface area contributed by atoms with E-state index in [-0.39, 0.29) is 11.3 Å². The van der Waals surface area contributed by atoms with E-state index in [1.165, 1.54) is 0 Å². The minimum absolute atomic E-state index is 0.0171. The number of ether oxygens (including phenoxy) is 1. The number of hydrogen-bond donors (Lipinski definition) is 1. The first-order valence-electron chi connectivity index (χ1n) is 6.72. The van der Waals surface area contributed by atoms with Gasteiger partial charge in [0.1, 0.15) is 0 Å². The Morgan fingerprint density at radius 2 is 2.00 bits per heavy atom. The molecule has 0 aromatic rings. The molecule has 2 atom stereocenters. The summed E-state index contributed by atoms with van der Waals surface area (Å²) in [4.78, 5) is 12.1. The Morgan fingerprint density at radius 3 is 2.53 bits per heavy atom. The molecule has 0 amide bonds. The highest BCUT2D eigenvalue weighted by Crippen LogP contribution is 2.43. The normalized spacial score (nSPS) is 30.8. The summed E-state index contributed by atoms with van der Waals surface area (Å²) in [5, 5.41) is 10.8. The molecule has 1 rings (SSSR count). The Labute approximate surface area is 105 Å². The molecule has 0 aromatic carbocycles. The second kappa shape index (κ2) is 5.38. The van der Waals surface area contributed by atoms with E-state index in [2.05, 4.69) is 20.8 Å². The van der Waals surface area contributed by atoms with Crippen LogP contribution in [0.4, 0.5) is 0 Å². The first-order chi connectivity index (χ1) is 7.82. The predicted octanol–water partition coefficient (Wildman–Crippen LogP) is 2.91. The van der Waals surface area contributed by atoms with E-state index in [4.69, 9.17) is 4.74 Å². The van der Waals surface area contributed by atoms with Crippen LogP contribution in [0.5, 0.6) is 0 Å². The molecule has 1 saturated carbocycles. The minimum Gasteiger partial charge on any atom is -0.464 e. The van der Waals surface area contributed by atoms with Gasteiger partial charge in [0, 0.05) is 5.92 Å². The van der Waals surface area contributed by atoms with Crippen molar-refractivity contribution in [3.63, 3.8) is 0 Å². The first-order valence-corrected chi connectivity index (χ1v) is 6.72. The standard InChI is InChI=1S/C14H26O3/c1-5-17-12(15)14(16)10-8-6-7-9-11(14)13(2,3)4/h11,16H,5-10H2,1-4H3/t11-,14-/m0/s1. The topological polar surface area (TPSA) is 46.5 Å². The minimum atomic E-state index is -1.29. The van der Waals surface area contributed by atoms with Crippen molar-refractivity contribution in [3.8, 4) is 0 Å². The highest BCUT2D eigenvalue weighted by molar-refractivity contribution is 5.79. The average Bonchev–Trinajstić information content (AvgIpc) is 2.40. The molecule has 1 fully saturated rings. The quantitative estimate of drug-likeness (QED) is 0.598. The smallest absolute Gasteiger partial charge is 0.338 e. The highest BCUT2D eigenvalue weighted by Gasteiger charge is 2.50. The number of carbonyl (C=O) groups excluding carboxylic acids is 1. The van der Waals surface area contributed by atoms with Gasteiger partial charge in [0.15, 0.2) is 5.60 Å². The van der Waals surface area contributed by atoms with Crippen LogP contribution in [0.25, 0.3) is 0 Å². The van der Waals surface area contributed by atoms with Gasteiger partial charge in [0.25, 0.3) is 0 Å². The molecular formula is C14H26O3. The van der Waals surface area contributed by atoms with E-state index in [0.29, 0.717) is 13.0 Å². The molecule has 0 spiro atoms. The summed E-state index contributed by atoms with van der Waals surface area (Å²) >= 11 is 0. The second-order valence-corrected chi connectivity index (χ2v) is 6.16. The van der Waals surface area contributed by atoms with Crippen LogP contribution in [-0.4, -0.2) is 23.3 Å². The number of aliphatic hydroxyl groups is 1. The van der Waals surface area contributed by atoms with Crippen molar-refractivity contribution in [2.24, 2.45) is 11.3 Å². The third kappa shape index (κ3) is 3.21. The number of carbonyl (C=O) groups is 1. The summed E-state index contributed by atoms with van der Waals surface area (Å²) in [5.41, 5.74) is -1.36. The van der Waals surface area contributed by atoms with Crippen LogP contribution in [0.2, 0.25) is 0 Å². The van der Waals surface area contributed by atoms with Gasteiger partial charge in [0.2, 0.25) is 0 Å². The molecule has 0 aromatic heterocycles. The van der Waals surface area contributed by atoms with Gasteiger partial charge in [-0.25, -0.2) is 4.79 Å². The highest BCUT2D eigenvalue weighted by atomic mass is 16.5. The molecule has 100 valence electrons. The van der Waals surface area contributed by atoms with Crippen molar-refractivity contribution in [3.05, 3.63) is 0 Å². The fourth-order valence-electron chi connectivity index (χ4n) is 2.98. The van der Waals surface area contributed by atoms with Crippen molar-refractivity contribution < 1.29 is 14.6 Å². The van der Waals surface area contributed by atoms with Crippen LogP contribution in [0.3, 0.4) is 0 Å². The van der Waals surface area contributed by atoms with Crippen molar-refractivity contribution in [1.29, 1.82) is 0 Å². The van der Waals surface area contributed by atoms with Gasteiger partial charge in [-0.1, -0.05) is 33.6 Å². The van der Waals surface area contributed by atoms with Gasteiger partial charge in [-0.05, 0) is 31.6 Å². The molecule has 0 heterocycles. The predicted molar refractivity (Wildman–Crippen MR) is 67.6 cm³/mol. The molecule has 0 radical (unpaired) electrons. The van der Waals surface area contributed by atoms with E-state index in [0.717, 1.165) is 25.7 Å². The maximum atomic E-state index is 12.1. The zero-order valence-corrected chi connectivity index (χ0v) is 11.6. The van der Waals surface area contributed by atoms with Crippen LogP contribution in [0.15, 0.2) is 0 Å². The van der Waals surface area contributed by atoms with Crippen molar-refractivity contribution in [1.82, 2.24) is 0 Å². The van der Waals surface area contributed by atoms with E-state index >= 15 is 0 Å². The maximum Gasteiger partial charge on any atom is 0.338 e. The summed E-state index contributed by atoms with van der Waals surface area (Å²) in [5.74, 6) is -0.446. The lowest BCUT2D eigenvalue weighted by molar-refractivity contribution is -0.178. The second-order valence-electron chi connectivity index (χ2n) is 6.16. The van der Waals surface area contributed by atoms with Crippen LogP contribution < -0.4 is 0 Å². The fraction of sp³-hybridized carbons (Fsp3) is 0.929. The van der Waals surface area contributed by atoms with Crippen LogP contribution in [0, 0.1) is 11.3 Å². The lowest BCUT2D eigenvalue weighted by atomic mass is 9.68. The molecular weight excluding hydrogens is 216 g/mol. The molecule has 0 bridgehead atoms. The van der Waals surface area contributed by atoms with Gasteiger partial charge < -0.3 is 9.84 Å². The van der Waals surface area contributed by atoms with Gasteiger partial charge in [-0.3, -0.25) is 0 Å². The van der Waals surface area contributed by atoms with Crippen LogP contribution in [-0.2, 0) is 9.53 Å². The molecule has 0 saturated heterocycles. The van der Waals surface area contributed by atoms with E-state index < -0.39 is 11.6 Å². The Balaban J connectivity index is 2.99. The number of rotatable bonds is 2. The van der Waals surface area contributed by atoms with Crippen LogP contribution >= 0.6 is 0 Å². The Kier molecular flexibility index (Phi) is 4.59. The van der Waals surface area contributed by atoms with Crippen molar-refractivity contribution in [2.45, 2.75) is 65.4 Å². The number of hydrogen-bond acceptors (Lipinski definition) is 3. The largest absolute Gasteiger partial charge is 0.464 e. The molecule has 1 N–H and O–H groups in total. The molecule has 1 aliphatic rings. The third-order valence-electron chi connectivity index (χ3n) is 3.80. The Bertz CT molecular complexity index is 267. The van der Waals surface area contributed by atoms with Gasteiger partial charge >= 0.3 is 5.97 Å². The summed E-state index contributed by atoms with van der Waals surface area (Å²) in [6.07, 6.45) is 4.52. The molecule has 0 unspecified atom stereocenters. The Morgan fingerprint density at radius 1 is 1.35 bits per heavy atom. The molecule has 17 heavy (non-hydrogen) atoms. The zero-order valence-electron chi connectivity index (χ0n) is 11.6. The molecule has 1 aliphatic carbocycles. The van der Waals surface area contributed by atoms with E-state index in [1.54, 1.807) is 6.92 Å². The number of esters is 1. The molecule has 3 nitrogen and oxygen atoms in total. The summed E-state index contributed by atoms with van der Waals surface area (Å²) in [6, 6.07) is 0. The fourth-order valence-corrected chi connectivity index (χ4v) is 2.98. The SMILES string of the molecule is CCOC(=O)[C@]1(O)CCCCC[C@H]1C(C)(C)C. The molecule has 3 heteroatoms. The van der Waals surface area contributed by atoms with Crippen LogP contribution in [0.1, 0.15) is 59.8 Å². The molecule has 0 aliphatic heterocycles. The summed E-state index contributed by atoms with van der Waals surface area (Å²) < 4.78 is 5.08. The van der Waals surface area contributed by atoms with Crippen molar-refractivity contribution >= 4 is 5.97 Å². The van der Waals surface area contributed by atoms with E-state index in [1.807, 2.05) is 0 Å². The maximum absolute atomic E-state index is 12.1. The van der Waals surface area contributed by atoms with Crippen molar-refractivity contribution in [2.75, 3.05) is 6.61 Å². The Hall–Kier alpha value is -0.570. The van der Waals surface area contributed by atoms with E-state index in [9.17, 15) is 9.90 Å². The van der Waals surface area contributed by atoms with Gasteiger partial charge in [0.05, 0.1) is 6.61 Å². The third-order valence-corrected chi connectivity index (χ3v) is 3.80.